The minimum Gasteiger partial charge on any atom is -0.351 e. The van der Waals surface area contributed by atoms with Gasteiger partial charge in [0.2, 0.25) is 0 Å². The van der Waals surface area contributed by atoms with E-state index in [0.717, 1.165) is 40.7 Å². The molecule has 1 aliphatic rings. The Balaban J connectivity index is 1.45. The smallest absolute Gasteiger partial charge is 0.273 e. The average Bonchev–Trinajstić information content (AvgIpc) is 3.28. The summed E-state index contributed by atoms with van der Waals surface area (Å²) in [5, 5.41) is 6.56. The number of nitrogens with one attached hydrogen (secondary N) is 2. The van der Waals surface area contributed by atoms with Crippen molar-refractivity contribution in [1.29, 1.82) is 0 Å². The van der Waals surface area contributed by atoms with Crippen LogP contribution < -0.4 is 5.32 Å². The van der Waals surface area contributed by atoms with Crippen LogP contribution in [-0.2, 0) is 6.54 Å². The number of hydrogen-bond donors (Lipinski definition) is 2. The third kappa shape index (κ3) is 3.38. The summed E-state index contributed by atoms with van der Waals surface area (Å²) in [5.41, 5.74) is 2.51. The molecule has 5 nitrogen and oxygen atoms in total. The Morgan fingerprint density at radius 1 is 1.33 bits per heavy atom. The number of anilines is 1. The highest BCUT2D eigenvalue weighted by molar-refractivity contribution is 9.10. The molecule has 3 aromatic rings. The third-order valence-corrected chi connectivity index (χ3v) is 5.48. The van der Waals surface area contributed by atoms with Crippen molar-refractivity contribution in [2.75, 3.05) is 18.4 Å². The van der Waals surface area contributed by atoms with Crippen LogP contribution in [0.2, 0.25) is 0 Å². The molecule has 0 atom stereocenters. The summed E-state index contributed by atoms with van der Waals surface area (Å²) in [5.74, 6) is -0.163. The van der Waals surface area contributed by atoms with Crippen LogP contribution in [-0.4, -0.2) is 33.9 Å². The van der Waals surface area contributed by atoms with Crippen molar-refractivity contribution in [2.24, 2.45) is 0 Å². The lowest BCUT2D eigenvalue weighted by atomic mass is 10.2. The van der Waals surface area contributed by atoms with E-state index in [1.807, 2.05) is 29.6 Å². The zero-order chi connectivity index (χ0) is 16.5. The van der Waals surface area contributed by atoms with Gasteiger partial charge in [0.25, 0.3) is 5.91 Å². The van der Waals surface area contributed by atoms with E-state index < -0.39 is 0 Å². The Hall–Kier alpha value is -1.70. The quantitative estimate of drug-likeness (QED) is 0.683. The molecule has 0 aliphatic carbocycles. The molecule has 1 amide bonds. The summed E-state index contributed by atoms with van der Waals surface area (Å²) in [7, 11) is 0. The molecule has 124 valence electrons. The van der Waals surface area contributed by atoms with Gasteiger partial charge in [-0.25, -0.2) is 4.98 Å². The Kier molecular flexibility index (Phi) is 4.39. The summed E-state index contributed by atoms with van der Waals surface area (Å²) >= 11 is 4.92. The first-order chi connectivity index (χ1) is 11.7. The van der Waals surface area contributed by atoms with Crippen LogP contribution in [0.4, 0.5) is 5.13 Å². The number of hydrogen-bond acceptors (Lipinski definition) is 4. The normalized spacial score (nSPS) is 15.2. The lowest BCUT2D eigenvalue weighted by Crippen LogP contribution is -2.18. The number of H-pyrrole nitrogens is 1. The maximum absolute atomic E-state index is 12.4. The zero-order valence-corrected chi connectivity index (χ0v) is 15.4. The lowest BCUT2D eigenvalue weighted by Gasteiger charge is -2.11. The molecule has 0 radical (unpaired) electrons. The standard InChI is InChI=1S/C17H17BrN4OS/c18-12-3-4-14-11(7-12)8-15(20-14)16(23)21-17-19-13(10-24-17)9-22-5-1-2-6-22/h3-4,7-8,10,20H,1-2,5-6,9H2,(H,19,21,23). The van der Waals surface area contributed by atoms with Crippen molar-refractivity contribution in [3.8, 4) is 0 Å². The number of fused-ring (bicyclic) bond motifs is 1. The molecule has 1 aromatic carbocycles. The predicted molar refractivity (Wildman–Crippen MR) is 101 cm³/mol. The maximum Gasteiger partial charge on any atom is 0.273 e. The van der Waals surface area contributed by atoms with E-state index in [1.54, 1.807) is 0 Å². The largest absolute Gasteiger partial charge is 0.351 e. The Bertz CT molecular complexity index is 882. The molecule has 0 bridgehead atoms. The Labute approximate surface area is 152 Å². The van der Waals surface area contributed by atoms with Crippen molar-refractivity contribution in [1.82, 2.24) is 14.9 Å². The predicted octanol–water partition coefficient (Wildman–Crippen LogP) is 4.24. The molecule has 0 spiro atoms. The molecule has 2 aromatic heterocycles. The van der Waals surface area contributed by atoms with Crippen LogP contribution in [0, 0.1) is 0 Å². The van der Waals surface area contributed by atoms with Gasteiger partial charge >= 0.3 is 0 Å². The number of aromatic amines is 1. The number of benzene rings is 1. The SMILES string of the molecule is O=C(Nc1nc(CN2CCCC2)cs1)c1cc2cc(Br)ccc2[nH]1. The van der Waals surface area contributed by atoms with E-state index in [0.29, 0.717) is 10.8 Å². The highest BCUT2D eigenvalue weighted by Gasteiger charge is 2.15. The molecule has 1 aliphatic heterocycles. The van der Waals surface area contributed by atoms with Gasteiger partial charge in [-0.15, -0.1) is 11.3 Å². The van der Waals surface area contributed by atoms with E-state index in [2.05, 4.69) is 36.1 Å². The van der Waals surface area contributed by atoms with Gasteiger partial charge in [0.05, 0.1) is 5.69 Å². The molecule has 7 heteroatoms. The summed E-state index contributed by atoms with van der Waals surface area (Å²) in [4.78, 5) is 22.5. The van der Waals surface area contributed by atoms with Crippen molar-refractivity contribution >= 4 is 49.2 Å². The number of halogens is 1. The number of thiazole rings is 1. The molecule has 0 unspecified atom stereocenters. The van der Waals surface area contributed by atoms with E-state index >= 15 is 0 Å². The van der Waals surface area contributed by atoms with Crippen LogP contribution in [0.1, 0.15) is 29.0 Å². The molecule has 4 rings (SSSR count). The van der Waals surface area contributed by atoms with Gasteiger partial charge in [0, 0.05) is 27.3 Å². The van der Waals surface area contributed by atoms with Crippen molar-refractivity contribution in [2.45, 2.75) is 19.4 Å². The number of carbonyl (C=O) groups is 1. The molecule has 3 heterocycles. The average molecular weight is 405 g/mol. The number of rotatable bonds is 4. The van der Waals surface area contributed by atoms with Gasteiger partial charge in [-0.05, 0) is 50.2 Å². The van der Waals surface area contributed by atoms with Gasteiger partial charge in [-0.3, -0.25) is 15.0 Å². The first kappa shape index (κ1) is 15.8. The number of carbonyl (C=O) groups excluding carboxylic acids is 1. The highest BCUT2D eigenvalue weighted by Crippen LogP contribution is 2.22. The van der Waals surface area contributed by atoms with Gasteiger partial charge < -0.3 is 4.98 Å². The van der Waals surface area contributed by atoms with Crippen molar-refractivity contribution in [3.63, 3.8) is 0 Å². The number of amides is 1. The minimum atomic E-state index is -0.163. The molecule has 1 saturated heterocycles. The van der Waals surface area contributed by atoms with Crippen molar-refractivity contribution in [3.05, 3.63) is 45.5 Å². The van der Waals surface area contributed by atoms with Gasteiger partial charge in [-0.2, -0.15) is 0 Å². The van der Waals surface area contributed by atoms with Crippen molar-refractivity contribution < 1.29 is 4.79 Å². The summed E-state index contributed by atoms with van der Waals surface area (Å²) < 4.78 is 0.993. The molecule has 2 N–H and O–H groups in total. The van der Waals surface area contributed by atoms with Gasteiger partial charge in [-0.1, -0.05) is 15.9 Å². The highest BCUT2D eigenvalue weighted by atomic mass is 79.9. The monoisotopic (exact) mass is 404 g/mol. The summed E-state index contributed by atoms with van der Waals surface area (Å²) in [6.45, 7) is 3.15. The number of likely N-dealkylation sites (tertiary alicyclic amines) is 1. The molecular formula is C17H17BrN4OS. The minimum absolute atomic E-state index is 0.163. The fourth-order valence-electron chi connectivity index (χ4n) is 3.00. The fraction of sp³-hybridized carbons (Fsp3) is 0.294. The number of aromatic nitrogens is 2. The third-order valence-electron chi connectivity index (χ3n) is 4.18. The summed E-state index contributed by atoms with van der Waals surface area (Å²) in [6.07, 6.45) is 2.54. The van der Waals surface area contributed by atoms with Crippen LogP contribution in [0.25, 0.3) is 10.9 Å². The summed E-state index contributed by atoms with van der Waals surface area (Å²) in [6, 6.07) is 7.74. The topological polar surface area (TPSA) is 61.0 Å². The molecule has 1 fully saturated rings. The van der Waals surface area contributed by atoms with Crippen LogP contribution in [0.15, 0.2) is 34.1 Å². The molecular weight excluding hydrogens is 388 g/mol. The number of nitrogens with zero attached hydrogens (tertiary/aromatic N) is 2. The van der Waals surface area contributed by atoms with Gasteiger partial charge in [0.15, 0.2) is 5.13 Å². The second-order valence-electron chi connectivity index (χ2n) is 6.00. The van der Waals surface area contributed by atoms with Crippen LogP contribution in [0.3, 0.4) is 0 Å². The van der Waals surface area contributed by atoms with Crippen LogP contribution >= 0.6 is 27.3 Å². The van der Waals surface area contributed by atoms with E-state index in [1.165, 1.54) is 24.2 Å². The second kappa shape index (κ2) is 6.66. The van der Waals surface area contributed by atoms with E-state index in [9.17, 15) is 4.79 Å². The lowest BCUT2D eigenvalue weighted by molar-refractivity contribution is 0.102. The molecule has 24 heavy (non-hydrogen) atoms. The Morgan fingerprint density at radius 3 is 3.00 bits per heavy atom. The second-order valence-corrected chi connectivity index (χ2v) is 7.77. The molecule has 0 saturated carbocycles. The fourth-order valence-corrected chi connectivity index (χ4v) is 4.07. The van der Waals surface area contributed by atoms with E-state index in [-0.39, 0.29) is 5.91 Å². The maximum atomic E-state index is 12.4. The first-order valence-corrected chi connectivity index (χ1v) is 9.61. The zero-order valence-electron chi connectivity index (χ0n) is 13.0. The first-order valence-electron chi connectivity index (χ1n) is 7.94. The van der Waals surface area contributed by atoms with Gasteiger partial charge in [0.1, 0.15) is 5.69 Å². The van der Waals surface area contributed by atoms with E-state index in [4.69, 9.17) is 0 Å². The Morgan fingerprint density at radius 2 is 2.17 bits per heavy atom. The van der Waals surface area contributed by atoms with Crippen LogP contribution in [0.5, 0.6) is 0 Å².